The van der Waals surface area contributed by atoms with E-state index in [1.54, 1.807) is 43.5 Å². The lowest BCUT2D eigenvalue weighted by atomic mass is 10.1. The molecule has 1 amide bonds. The largest absolute Gasteiger partial charge is 0.497 e. The van der Waals surface area contributed by atoms with E-state index >= 15 is 0 Å². The molecule has 28 heavy (non-hydrogen) atoms. The van der Waals surface area contributed by atoms with Crippen LogP contribution in [0.25, 0.3) is 0 Å². The molecule has 0 aliphatic heterocycles. The summed E-state index contributed by atoms with van der Waals surface area (Å²) in [6.45, 7) is 0. The van der Waals surface area contributed by atoms with E-state index in [0.29, 0.717) is 11.4 Å². The minimum atomic E-state index is -3.94. The Morgan fingerprint density at radius 1 is 1.04 bits per heavy atom. The van der Waals surface area contributed by atoms with Crippen molar-refractivity contribution in [3.63, 3.8) is 0 Å². The molecule has 0 saturated carbocycles. The predicted molar refractivity (Wildman–Crippen MR) is 107 cm³/mol. The number of para-hydroxylation sites is 1. The van der Waals surface area contributed by atoms with Gasteiger partial charge in [0.2, 0.25) is 0 Å². The number of hydrogen-bond acceptors (Lipinski definition) is 5. The van der Waals surface area contributed by atoms with Gasteiger partial charge in [0, 0.05) is 11.9 Å². The molecule has 0 radical (unpaired) electrons. The summed E-state index contributed by atoms with van der Waals surface area (Å²) in [7, 11) is -2.39. The Morgan fingerprint density at radius 3 is 2.39 bits per heavy atom. The second-order valence-corrected chi connectivity index (χ2v) is 7.72. The van der Waals surface area contributed by atoms with Crippen LogP contribution in [0.2, 0.25) is 5.15 Å². The number of aromatic nitrogens is 1. The number of carbonyl (C=O) groups is 1. The Labute approximate surface area is 167 Å². The fraction of sp³-hybridized carbons (Fsp3) is 0.0526. The number of carbonyl (C=O) groups excluding carboxylic acids is 1. The Morgan fingerprint density at radius 2 is 1.75 bits per heavy atom. The molecule has 0 atom stereocenters. The Balaban J connectivity index is 1.83. The monoisotopic (exact) mass is 417 g/mol. The number of hydrogen-bond donors (Lipinski definition) is 2. The molecular weight excluding hydrogens is 402 g/mol. The second-order valence-electron chi connectivity index (χ2n) is 5.65. The number of halogens is 1. The molecule has 2 N–H and O–H groups in total. The lowest BCUT2D eigenvalue weighted by Gasteiger charge is -2.13. The van der Waals surface area contributed by atoms with Crippen molar-refractivity contribution in [1.82, 2.24) is 4.98 Å². The van der Waals surface area contributed by atoms with Gasteiger partial charge < -0.3 is 10.1 Å². The van der Waals surface area contributed by atoms with Crippen molar-refractivity contribution in [3.8, 4) is 5.75 Å². The molecule has 0 fully saturated rings. The number of sulfonamides is 1. The zero-order chi connectivity index (χ0) is 20.1. The maximum Gasteiger partial charge on any atom is 0.263 e. The van der Waals surface area contributed by atoms with Crippen LogP contribution in [-0.2, 0) is 10.0 Å². The van der Waals surface area contributed by atoms with Gasteiger partial charge in [0.05, 0.1) is 18.4 Å². The third kappa shape index (κ3) is 4.59. The third-order valence-electron chi connectivity index (χ3n) is 3.77. The Kier molecular flexibility index (Phi) is 5.81. The first-order valence-corrected chi connectivity index (χ1v) is 9.94. The van der Waals surface area contributed by atoms with Gasteiger partial charge in [-0.1, -0.05) is 23.7 Å². The Bertz CT molecular complexity index is 1080. The Hall–Kier alpha value is -3.10. The number of rotatable bonds is 6. The van der Waals surface area contributed by atoms with E-state index in [9.17, 15) is 13.2 Å². The van der Waals surface area contributed by atoms with Crippen molar-refractivity contribution < 1.29 is 17.9 Å². The van der Waals surface area contributed by atoms with Gasteiger partial charge >= 0.3 is 0 Å². The van der Waals surface area contributed by atoms with Gasteiger partial charge in [-0.2, -0.15) is 0 Å². The molecule has 7 nitrogen and oxygen atoms in total. The number of ether oxygens (including phenoxy) is 1. The van der Waals surface area contributed by atoms with Crippen LogP contribution in [0.4, 0.5) is 11.4 Å². The number of pyridine rings is 1. The van der Waals surface area contributed by atoms with Crippen LogP contribution in [0.15, 0.2) is 71.8 Å². The number of nitrogens with zero attached hydrogens (tertiary/aromatic N) is 1. The van der Waals surface area contributed by atoms with Crippen molar-refractivity contribution in [2.24, 2.45) is 0 Å². The second kappa shape index (κ2) is 8.28. The van der Waals surface area contributed by atoms with E-state index in [1.165, 1.54) is 24.3 Å². The molecule has 0 aliphatic carbocycles. The van der Waals surface area contributed by atoms with E-state index < -0.39 is 15.9 Å². The van der Waals surface area contributed by atoms with Crippen molar-refractivity contribution in [2.45, 2.75) is 4.90 Å². The smallest absolute Gasteiger partial charge is 0.263 e. The lowest BCUT2D eigenvalue weighted by Crippen LogP contribution is -2.18. The molecule has 0 saturated heterocycles. The molecule has 1 aromatic heterocycles. The van der Waals surface area contributed by atoms with Gasteiger partial charge in [0.15, 0.2) is 0 Å². The zero-order valence-corrected chi connectivity index (χ0v) is 16.3. The number of anilines is 2. The van der Waals surface area contributed by atoms with E-state index in [2.05, 4.69) is 15.0 Å². The summed E-state index contributed by atoms with van der Waals surface area (Å²) < 4.78 is 32.6. The van der Waals surface area contributed by atoms with E-state index in [4.69, 9.17) is 16.3 Å². The summed E-state index contributed by atoms with van der Waals surface area (Å²) >= 11 is 5.70. The first-order valence-electron chi connectivity index (χ1n) is 8.08. The standard InChI is InChI=1S/C19H16ClN3O4S/c1-27-14-8-6-13(7-9-14)22-19(24)16-4-2-3-5-17(16)23-28(25,26)15-10-11-18(20)21-12-15/h2-12,23H,1H3,(H,22,24). The molecular formula is C19H16ClN3O4S. The number of benzene rings is 2. The van der Waals surface area contributed by atoms with Crippen LogP contribution in [0, 0.1) is 0 Å². The maximum absolute atomic E-state index is 12.6. The van der Waals surface area contributed by atoms with Gasteiger partial charge in [-0.15, -0.1) is 0 Å². The molecule has 2 aromatic carbocycles. The fourth-order valence-corrected chi connectivity index (χ4v) is 3.50. The molecule has 1 heterocycles. The lowest BCUT2D eigenvalue weighted by molar-refractivity contribution is 0.102. The van der Waals surface area contributed by atoms with Crippen LogP contribution in [-0.4, -0.2) is 26.4 Å². The van der Waals surface area contributed by atoms with Gasteiger partial charge in [-0.05, 0) is 48.5 Å². The molecule has 3 rings (SSSR count). The van der Waals surface area contributed by atoms with Gasteiger partial charge in [-0.3, -0.25) is 9.52 Å². The average molecular weight is 418 g/mol. The normalized spacial score (nSPS) is 10.9. The first kappa shape index (κ1) is 19.7. The van der Waals surface area contributed by atoms with Gasteiger partial charge in [0.25, 0.3) is 15.9 Å². The van der Waals surface area contributed by atoms with Gasteiger partial charge in [-0.25, -0.2) is 13.4 Å². The zero-order valence-electron chi connectivity index (χ0n) is 14.7. The van der Waals surface area contributed by atoms with Crippen LogP contribution in [0.3, 0.4) is 0 Å². The summed E-state index contributed by atoms with van der Waals surface area (Å²) in [6, 6.07) is 15.8. The van der Waals surface area contributed by atoms with Crippen LogP contribution >= 0.6 is 11.6 Å². The van der Waals surface area contributed by atoms with Crippen molar-refractivity contribution in [1.29, 1.82) is 0 Å². The molecule has 144 valence electrons. The molecule has 3 aromatic rings. The summed E-state index contributed by atoms with van der Waals surface area (Å²) in [6.07, 6.45) is 1.14. The highest BCUT2D eigenvalue weighted by atomic mass is 35.5. The van der Waals surface area contributed by atoms with Crippen LogP contribution in [0.1, 0.15) is 10.4 Å². The maximum atomic E-state index is 12.6. The first-order chi connectivity index (χ1) is 13.4. The predicted octanol–water partition coefficient (Wildman–Crippen LogP) is 3.80. The molecule has 0 unspecified atom stereocenters. The third-order valence-corrected chi connectivity index (χ3v) is 5.35. The summed E-state index contributed by atoms with van der Waals surface area (Å²) in [5, 5.41) is 2.90. The highest BCUT2D eigenvalue weighted by molar-refractivity contribution is 7.92. The molecule has 0 aliphatic rings. The minimum Gasteiger partial charge on any atom is -0.497 e. The quantitative estimate of drug-likeness (QED) is 0.594. The average Bonchev–Trinajstić information content (AvgIpc) is 2.69. The van der Waals surface area contributed by atoms with E-state index in [-0.39, 0.29) is 21.3 Å². The summed E-state index contributed by atoms with van der Waals surface area (Å²) in [4.78, 5) is 16.4. The molecule has 0 spiro atoms. The summed E-state index contributed by atoms with van der Waals surface area (Å²) in [5.74, 6) is 0.195. The van der Waals surface area contributed by atoms with Crippen molar-refractivity contribution >= 4 is 38.9 Å². The van der Waals surface area contributed by atoms with Crippen LogP contribution in [0.5, 0.6) is 5.75 Å². The van der Waals surface area contributed by atoms with Crippen molar-refractivity contribution in [2.75, 3.05) is 17.1 Å². The highest BCUT2D eigenvalue weighted by Gasteiger charge is 2.19. The molecule has 0 bridgehead atoms. The van der Waals surface area contributed by atoms with Crippen molar-refractivity contribution in [3.05, 3.63) is 77.6 Å². The summed E-state index contributed by atoms with van der Waals surface area (Å²) in [5.41, 5.74) is 0.859. The molecule has 9 heteroatoms. The van der Waals surface area contributed by atoms with E-state index in [1.807, 2.05) is 0 Å². The minimum absolute atomic E-state index is 0.0673. The van der Waals surface area contributed by atoms with E-state index in [0.717, 1.165) is 6.20 Å². The highest BCUT2D eigenvalue weighted by Crippen LogP contribution is 2.22. The SMILES string of the molecule is COc1ccc(NC(=O)c2ccccc2NS(=O)(=O)c2ccc(Cl)nc2)cc1. The topological polar surface area (TPSA) is 97.4 Å². The van der Waals surface area contributed by atoms with Gasteiger partial charge in [0.1, 0.15) is 15.8 Å². The number of methoxy groups -OCH3 is 1. The fourth-order valence-electron chi connectivity index (χ4n) is 2.37. The number of nitrogens with one attached hydrogen (secondary N) is 2. The number of amides is 1. The van der Waals surface area contributed by atoms with Crippen LogP contribution < -0.4 is 14.8 Å².